The average Bonchev–Trinajstić information content (AvgIpc) is 3.07. The van der Waals surface area contributed by atoms with Gasteiger partial charge < -0.3 is 5.11 Å². The Balaban J connectivity index is 1.72. The molecule has 4 rings (SSSR count). The molecule has 0 spiro atoms. The summed E-state index contributed by atoms with van der Waals surface area (Å²) in [5.41, 5.74) is 4.67. The fourth-order valence-corrected chi connectivity index (χ4v) is 3.78. The predicted octanol–water partition coefficient (Wildman–Crippen LogP) is 4.62. The molecule has 2 aromatic carbocycles. The largest absolute Gasteiger partial charge is 0.391 e. The van der Waals surface area contributed by atoms with Gasteiger partial charge in [0.05, 0.1) is 17.8 Å². The van der Waals surface area contributed by atoms with Gasteiger partial charge in [0, 0.05) is 23.7 Å². The van der Waals surface area contributed by atoms with E-state index in [4.69, 9.17) is 5.10 Å². The molecule has 25 heavy (non-hydrogen) atoms. The molecule has 0 radical (unpaired) electrons. The van der Waals surface area contributed by atoms with Gasteiger partial charge in [-0.25, -0.2) is 0 Å². The lowest BCUT2D eigenvalue weighted by Crippen LogP contribution is -2.27. The lowest BCUT2D eigenvalue weighted by atomic mass is 9.93. The van der Waals surface area contributed by atoms with Gasteiger partial charge in [0.2, 0.25) is 0 Å². The third-order valence-corrected chi connectivity index (χ3v) is 5.13. The molecule has 3 heteroatoms. The Morgan fingerprint density at radius 3 is 2.32 bits per heavy atom. The van der Waals surface area contributed by atoms with Crippen molar-refractivity contribution < 1.29 is 5.11 Å². The Morgan fingerprint density at radius 2 is 1.60 bits per heavy atom. The highest BCUT2D eigenvalue weighted by Crippen LogP contribution is 2.31. The van der Waals surface area contributed by atoms with Crippen molar-refractivity contribution in [2.24, 2.45) is 0 Å². The van der Waals surface area contributed by atoms with Gasteiger partial charge in [-0.15, -0.1) is 0 Å². The molecule has 0 aliphatic heterocycles. The SMILES string of the molecule is O[C@H]1CCCC[C@H]1n1cc(Cc2ccccc2)c(-c2ccccc2)n1. The molecule has 0 unspecified atom stereocenters. The van der Waals surface area contributed by atoms with E-state index in [0.717, 1.165) is 43.4 Å². The molecule has 1 heterocycles. The van der Waals surface area contributed by atoms with Crippen LogP contribution in [0, 0.1) is 0 Å². The van der Waals surface area contributed by atoms with E-state index >= 15 is 0 Å². The topological polar surface area (TPSA) is 38.0 Å². The second-order valence-electron chi connectivity index (χ2n) is 6.93. The number of aliphatic hydroxyl groups is 1. The van der Waals surface area contributed by atoms with E-state index in [2.05, 4.69) is 54.7 Å². The molecule has 1 fully saturated rings. The fraction of sp³-hybridized carbons (Fsp3) is 0.318. The third-order valence-electron chi connectivity index (χ3n) is 5.13. The molecular formula is C22H24N2O. The van der Waals surface area contributed by atoms with Crippen molar-refractivity contribution in [3.05, 3.63) is 78.0 Å². The van der Waals surface area contributed by atoms with Crippen LogP contribution in [-0.4, -0.2) is 21.0 Å². The van der Waals surface area contributed by atoms with Crippen LogP contribution in [0.3, 0.4) is 0 Å². The molecule has 2 atom stereocenters. The minimum atomic E-state index is -0.290. The van der Waals surface area contributed by atoms with Gasteiger partial charge in [0.25, 0.3) is 0 Å². The van der Waals surface area contributed by atoms with Crippen molar-refractivity contribution in [2.75, 3.05) is 0 Å². The standard InChI is InChI=1S/C22H24N2O/c25-21-14-8-7-13-20(21)24-16-19(15-17-9-3-1-4-10-17)22(23-24)18-11-5-2-6-12-18/h1-6,9-12,16,20-21,25H,7-8,13-15H2/t20-,21+/m1/s1. The highest BCUT2D eigenvalue weighted by Gasteiger charge is 2.26. The zero-order valence-corrected chi connectivity index (χ0v) is 14.4. The molecule has 1 saturated carbocycles. The first-order valence-electron chi connectivity index (χ1n) is 9.17. The number of hydrogen-bond acceptors (Lipinski definition) is 2. The van der Waals surface area contributed by atoms with E-state index < -0.39 is 0 Å². The monoisotopic (exact) mass is 332 g/mol. The molecule has 1 aliphatic carbocycles. The van der Waals surface area contributed by atoms with E-state index in [1.54, 1.807) is 0 Å². The first kappa shape index (κ1) is 16.1. The molecular weight excluding hydrogens is 308 g/mol. The van der Waals surface area contributed by atoms with Gasteiger partial charge in [-0.3, -0.25) is 4.68 Å². The summed E-state index contributed by atoms with van der Waals surface area (Å²) in [6.07, 6.45) is 6.86. The van der Waals surface area contributed by atoms with Crippen molar-refractivity contribution in [2.45, 2.75) is 44.2 Å². The zero-order valence-electron chi connectivity index (χ0n) is 14.4. The normalized spacial score (nSPS) is 20.5. The summed E-state index contributed by atoms with van der Waals surface area (Å²) >= 11 is 0. The zero-order chi connectivity index (χ0) is 17.1. The summed E-state index contributed by atoms with van der Waals surface area (Å²) in [7, 11) is 0. The summed E-state index contributed by atoms with van der Waals surface area (Å²) in [5.74, 6) is 0. The quantitative estimate of drug-likeness (QED) is 0.757. The van der Waals surface area contributed by atoms with Crippen LogP contribution < -0.4 is 0 Å². The van der Waals surface area contributed by atoms with E-state index in [9.17, 15) is 5.11 Å². The first-order valence-corrected chi connectivity index (χ1v) is 9.17. The molecule has 0 bridgehead atoms. The molecule has 0 saturated heterocycles. The molecule has 1 aliphatic rings. The van der Waals surface area contributed by atoms with Crippen molar-refractivity contribution >= 4 is 0 Å². The van der Waals surface area contributed by atoms with E-state index in [-0.39, 0.29) is 12.1 Å². The van der Waals surface area contributed by atoms with Gasteiger partial charge >= 0.3 is 0 Å². The Hall–Kier alpha value is -2.39. The van der Waals surface area contributed by atoms with E-state index in [1.807, 2.05) is 16.8 Å². The minimum absolute atomic E-state index is 0.0979. The predicted molar refractivity (Wildman–Crippen MR) is 100 cm³/mol. The number of aromatic nitrogens is 2. The van der Waals surface area contributed by atoms with Crippen molar-refractivity contribution in [3.8, 4) is 11.3 Å². The van der Waals surface area contributed by atoms with Crippen LogP contribution in [0.5, 0.6) is 0 Å². The maximum absolute atomic E-state index is 10.4. The second-order valence-corrected chi connectivity index (χ2v) is 6.93. The lowest BCUT2D eigenvalue weighted by molar-refractivity contribution is 0.0695. The third kappa shape index (κ3) is 3.52. The summed E-state index contributed by atoms with van der Waals surface area (Å²) in [6.45, 7) is 0. The number of benzene rings is 2. The van der Waals surface area contributed by atoms with Crippen LogP contribution in [0.4, 0.5) is 0 Å². The van der Waals surface area contributed by atoms with Crippen LogP contribution in [0.1, 0.15) is 42.9 Å². The van der Waals surface area contributed by atoms with Crippen molar-refractivity contribution in [1.82, 2.24) is 9.78 Å². The summed E-state index contributed by atoms with van der Waals surface area (Å²) < 4.78 is 2.02. The number of rotatable bonds is 4. The van der Waals surface area contributed by atoms with E-state index in [0.29, 0.717) is 0 Å². The van der Waals surface area contributed by atoms with Crippen LogP contribution in [0.2, 0.25) is 0 Å². The second kappa shape index (κ2) is 7.24. The van der Waals surface area contributed by atoms with Gasteiger partial charge in [-0.1, -0.05) is 73.5 Å². The van der Waals surface area contributed by atoms with Crippen molar-refractivity contribution in [1.29, 1.82) is 0 Å². The molecule has 1 aromatic heterocycles. The van der Waals surface area contributed by atoms with Crippen LogP contribution in [0.25, 0.3) is 11.3 Å². The summed E-state index contributed by atoms with van der Waals surface area (Å²) in [6, 6.07) is 21.0. The first-order chi connectivity index (χ1) is 12.3. The highest BCUT2D eigenvalue weighted by molar-refractivity contribution is 5.63. The summed E-state index contributed by atoms with van der Waals surface area (Å²) in [4.78, 5) is 0. The molecule has 3 aromatic rings. The Morgan fingerprint density at radius 1 is 0.920 bits per heavy atom. The number of hydrogen-bond donors (Lipinski definition) is 1. The lowest BCUT2D eigenvalue weighted by Gasteiger charge is -2.27. The Kier molecular flexibility index (Phi) is 4.66. The van der Waals surface area contributed by atoms with Crippen LogP contribution in [0.15, 0.2) is 66.9 Å². The van der Waals surface area contributed by atoms with Gasteiger partial charge in [0.1, 0.15) is 0 Å². The maximum Gasteiger partial charge on any atom is 0.0958 e. The number of nitrogens with zero attached hydrogens (tertiary/aromatic N) is 2. The molecule has 3 nitrogen and oxygen atoms in total. The minimum Gasteiger partial charge on any atom is -0.391 e. The summed E-state index contributed by atoms with van der Waals surface area (Å²) in [5, 5.41) is 15.3. The maximum atomic E-state index is 10.4. The van der Waals surface area contributed by atoms with Gasteiger partial charge in [0.15, 0.2) is 0 Å². The smallest absolute Gasteiger partial charge is 0.0958 e. The highest BCUT2D eigenvalue weighted by atomic mass is 16.3. The number of aliphatic hydroxyl groups excluding tert-OH is 1. The van der Waals surface area contributed by atoms with Crippen LogP contribution in [-0.2, 0) is 6.42 Å². The average molecular weight is 332 g/mol. The fourth-order valence-electron chi connectivity index (χ4n) is 3.78. The Bertz CT molecular complexity index is 811. The van der Waals surface area contributed by atoms with Crippen LogP contribution >= 0.6 is 0 Å². The van der Waals surface area contributed by atoms with Gasteiger partial charge in [-0.2, -0.15) is 5.10 Å². The molecule has 1 N–H and O–H groups in total. The Labute approximate surface area is 148 Å². The molecule has 0 amide bonds. The van der Waals surface area contributed by atoms with Gasteiger partial charge in [-0.05, 0) is 18.4 Å². The van der Waals surface area contributed by atoms with Crippen molar-refractivity contribution in [3.63, 3.8) is 0 Å². The molecule has 128 valence electrons. The van der Waals surface area contributed by atoms with E-state index in [1.165, 1.54) is 11.1 Å².